The number of rotatable bonds is 9. The van der Waals surface area contributed by atoms with E-state index in [1.807, 2.05) is 0 Å². The first-order chi connectivity index (χ1) is 13.7. The number of benzene rings is 1. The van der Waals surface area contributed by atoms with Gasteiger partial charge in [-0.3, -0.25) is 4.79 Å². The van der Waals surface area contributed by atoms with E-state index in [1.165, 1.54) is 0 Å². The van der Waals surface area contributed by atoms with E-state index in [9.17, 15) is 17.8 Å². The van der Waals surface area contributed by atoms with Crippen molar-refractivity contribution in [3.05, 3.63) is 27.2 Å². The number of fused-ring (bicyclic) bond motifs is 1. The number of hydrogen-bond donors (Lipinski definition) is 0. The minimum atomic E-state index is -4.28. The maximum Gasteiger partial charge on any atom is 1.00 e. The summed E-state index contributed by atoms with van der Waals surface area (Å²) in [6.45, 7) is 2.17. The number of carbonyl (C=O) groups excluding carboxylic acids is 1. The molecule has 0 aromatic heterocycles. The standard InChI is InChI=1S/C21H28Cl2O5S.Na/c1-2-3-9-21(15-7-4-5-8-15)13-14-12-16(28-10-6-11-29(25,26)27)18(22)19(23)17(14)20(21)24;/h12,15H,2-11,13H2,1H3,(H,25,26,27);/q;+1/p-1. The molecule has 0 radical (unpaired) electrons. The summed E-state index contributed by atoms with van der Waals surface area (Å²) in [4.78, 5) is 13.6. The first kappa shape index (κ1) is 26.4. The summed E-state index contributed by atoms with van der Waals surface area (Å²) in [7, 11) is -4.28. The number of Topliss-reactive ketones (excluding diaryl/α,β-unsaturated/α-hetero) is 1. The van der Waals surface area contributed by atoms with E-state index in [2.05, 4.69) is 6.92 Å². The van der Waals surface area contributed by atoms with Gasteiger partial charge in [0.05, 0.1) is 21.7 Å². The second kappa shape index (κ2) is 10.9. The van der Waals surface area contributed by atoms with Crippen LogP contribution in [0.2, 0.25) is 10.0 Å². The van der Waals surface area contributed by atoms with Crippen molar-refractivity contribution in [2.75, 3.05) is 12.4 Å². The van der Waals surface area contributed by atoms with Crippen LogP contribution in [0.1, 0.15) is 74.2 Å². The molecular weight excluding hydrogens is 458 g/mol. The first-order valence-electron chi connectivity index (χ1n) is 10.3. The maximum absolute atomic E-state index is 13.6. The largest absolute Gasteiger partial charge is 1.00 e. The van der Waals surface area contributed by atoms with Gasteiger partial charge in [-0.2, -0.15) is 0 Å². The van der Waals surface area contributed by atoms with Crippen molar-refractivity contribution in [2.24, 2.45) is 11.3 Å². The molecule has 1 saturated carbocycles. The molecule has 30 heavy (non-hydrogen) atoms. The summed E-state index contributed by atoms with van der Waals surface area (Å²) in [6.07, 6.45) is 8.06. The van der Waals surface area contributed by atoms with Crippen molar-refractivity contribution >= 4 is 39.1 Å². The Bertz CT molecular complexity index is 884. The zero-order chi connectivity index (χ0) is 21.2. The first-order valence-corrected chi connectivity index (χ1v) is 12.6. The zero-order valence-corrected chi connectivity index (χ0v) is 22.0. The Morgan fingerprint density at radius 1 is 1.20 bits per heavy atom. The van der Waals surface area contributed by atoms with Gasteiger partial charge in [0.15, 0.2) is 5.78 Å². The Labute approximate surface area is 211 Å². The van der Waals surface area contributed by atoms with Gasteiger partial charge in [0.25, 0.3) is 0 Å². The second-order valence-electron chi connectivity index (χ2n) is 8.25. The number of hydrogen-bond acceptors (Lipinski definition) is 5. The van der Waals surface area contributed by atoms with Crippen LogP contribution in [0.4, 0.5) is 0 Å². The van der Waals surface area contributed by atoms with Crippen LogP contribution in [0.15, 0.2) is 6.07 Å². The zero-order valence-electron chi connectivity index (χ0n) is 17.6. The van der Waals surface area contributed by atoms with Crippen molar-refractivity contribution in [3.8, 4) is 5.75 Å². The SMILES string of the molecule is CCCCC1(C2CCCC2)Cc2cc(OCCCS(=O)(=O)[O-])c(Cl)c(Cl)c2C1=O.[Na+]. The normalized spacial score (nSPS) is 21.5. The Morgan fingerprint density at radius 2 is 1.87 bits per heavy atom. The molecule has 0 N–H and O–H groups in total. The van der Waals surface area contributed by atoms with Gasteiger partial charge >= 0.3 is 29.6 Å². The van der Waals surface area contributed by atoms with Crippen LogP contribution >= 0.6 is 23.2 Å². The van der Waals surface area contributed by atoms with E-state index < -0.39 is 21.3 Å². The number of ether oxygens (including phenoxy) is 1. The molecule has 1 aromatic carbocycles. The molecule has 1 aromatic rings. The van der Waals surface area contributed by atoms with Crippen molar-refractivity contribution in [1.29, 1.82) is 0 Å². The molecule has 0 heterocycles. The molecule has 0 bridgehead atoms. The van der Waals surface area contributed by atoms with Crippen LogP contribution in [-0.4, -0.2) is 31.1 Å². The summed E-state index contributed by atoms with van der Waals surface area (Å²) in [5.74, 6) is 0.326. The van der Waals surface area contributed by atoms with Gasteiger partial charge in [0, 0.05) is 16.7 Å². The smallest absolute Gasteiger partial charge is 0.748 e. The summed E-state index contributed by atoms with van der Waals surface area (Å²) in [5, 5.41) is 0.387. The van der Waals surface area contributed by atoms with Crippen molar-refractivity contribution in [3.63, 3.8) is 0 Å². The minimum Gasteiger partial charge on any atom is -0.748 e. The average molecular weight is 485 g/mol. The molecule has 1 fully saturated rings. The minimum absolute atomic E-state index is 0. The molecule has 0 saturated heterocycles. The van der Waals surface area contributed by atoms with E-state index >= 15 is 0 Å². The predicted octanol–water partition coefficient (Wildman–Crippen LogP) is 2.42. The van der Waals surface area contributed by atoms with Crippen molar-refractivity contribution in [2.45, 2.75) is 64.7 Å². The number of ketones is 1. The third kappa shape index (κ3) is 5.56. The molecule has 0 amide bonds. The third-order valence-electron chi connectivity index (χ3n) is 6.35. The van der Waals surface area contributed by atoms with E-state index in [-0.39, 0.29) is 58.4 Å². The van der Waals surface area contributed by atoms with Gasteiger partial charge < -0.3 is 9.29 Å². The molecule has 5 nitrogen and oxygen atoms in total. The number of unbranched alkanes of at least 4 members (excludes halogenated alkanes) is 1. The summed E-state index contributed by atoms with van der Waals surface area (Å²) in [6, 6.07) is 1.77. The van der Waals surface area contributed by atoms with Gasteiger partial charge in [-0.15, -0.1) is 0 Å². The fraction of sp³-hybridized carbons (Fsp3) is 0.667. The number of halogens is 2. The van der Waals surface area contributed by atoms with Gasteiger partial charge in [0.2, 0.25) is 0 Å². The van der Waals surface area contributed by atoms with Crippen LogP contribution in [0.25, 0.3) is 0 Å². The monoisotopic (exact) mass is 484 g/mol. The van der Waals surface area contributed by atoms with Crippen LogP contribution in [0, 0.1) is 11.3 Å². The van der Waals surface area contributed by atoms with Crippen molar-refractivity contribution < 1.29 is 52.1 Å². The molecule has 1 atom stereocenters. The molecule has 2 aliphatic carbocycles. The van der Waals surface area contributed by atoms with Gasteiger partial charge in [0.1, 0.15) is 10.8 Å². The Hall–Kier alpha value is 0.180. The molecule has 162 valence electrons. The predicted molar refractivity (Wildman–Crippen MR) is 113 cm³/mol. The maximum atomic E-state index is 13.6. The fourth-order valence-corrected chi connectivity index (χ4v) is 5.91. The molecule has 3 rings (SSSR count). The Morgan fingerprint density at radius 3 is 2.47 bits per heavy atom. The average Bonchev–Trinajstić information content (AvgIpc) is 3.28. The van der Waals surface area contributed by atoms with E-state index in [4.69, 9.17) is 27.9 Å². The van der Waals surface area contributed by atoms with Gasteiger partial charge in [-0.1, -0.05) is 55.8 Å². The van der Waals surface area contributed by atoms with E-state index in [0.717, 1.165) is 50.5 Å². The van der Waals surface area contributed by atoms with Crippen LogP contribution < -0.4 is 34.3 Å². The van der Waals surface area contributed by atoms with E-state index in [1.54, 1.807) is 6.07 Å². The van der Waals surface area contributed by atoms with Crippen LogP contribution in [-0.2, 0) is 16.5 Å². The Kier molecular flexibility index (Phi) is 9.57. The fourth-order valence-electron chi connectivity index (χ4n) is 4.94. The quantitative estimate of drug-likeness (QED) is 0.305. The van der Waals surface area contributed by atoms with Crippen LogP contribution in [0.5, 0.6) is 5.75 Å². The van der Waals surface area contributed by atoms with Gasteiger partial charge in [-0.25, -0.2) is 8.42 Å². The van der Waals surface area contributed by atoms with Crippen molar-refractivity contribution in [1.82, 2.24) is 0 Å². The third-order valence-corrected chi connectivity index (χ3v) is 7.99. The molecule has 9 heteroatoms. The molecule has 1 unspecified atom stereocenters. The summed E-state index contributed by atoms with van der Waals surface area (Å²) in [5.41, 5.74) is 0.977. The summed E-state index contributed by atoms with van der Waals surface area (Å²) < 4.78 is 37.8. The molecule has 0 spiro atoms. The van der Waals surface area contributed by atoms with E-state index in [0.29, 0.717) is 23.7 Å². The second-order valence-corrected chi connectivity index (χ2v) is 10.5. The van der Waals surface area contributed by atoms with Gasteiger partial charge in [-0.05, 0) is 49.7 Å². The Balaban J connectivity index is 0.00000320. The molecule has 2 aliphatic rings. The molecular formula is C21H27Cl2NaO5S. The summed E-state index contributed by atoms with van der Waals surface area (Å²) >= 11 is 12.9. The number of carbonyl (C=O) groups is 1. The topological polar surface area (TPSA) is 83.5 Å². The van der Waals surface area contributed by atoms with Crippen LogP contribution in [0.3, 0.4) is 0 Å². The molecule has 0 aliphatic heterocycles.